The van der Waals surface area contributed by atoms with Crippen LogP contribution in [0.4, 0.5) is 0 Å². The van der Waals surface area contributed by atoms with E-state index in [1.54, 1.807) is 0 Å². The SMILES string of the molecule is CC(C)C(NCc1cccc(Cl)c1)C(N)=O. The van der Waals surface area contributed by atoms with Crippen LogP contribution in [0.1, 0.15) is 19.4 Å². The van der Waals surface area contributed by atoms with Gasteiger partial charge in [-0.25, -0.2) is 0 Å². The van der Waals surface area contributed by atoms with Crippen LogP contribution in [0, 0.1) is 5.92 Å². The van der Waals surface area contributed by atoms with Gasteiger partial charge in [-0.2, -0.15) is 0 Å². The van der Waals surface area contributed by atoms with Crippen LogP contribution in [-0.4, -0.2) is 11.9 Å². The predicted molar refractivity (Wildman–Crippen MR) is 66.1 cm³/mol. The average molecular weight is 241 g/mol. The van der Waals surface area contributed by atoms with Crippen molar-refractivity contribution in [3.8, 4) is 0 Å². The first-order valence-electron chi connectivity index (χ1n) is 5.28. The third kappa shape index (κ3) is 3.83. The molecule has 3 nitrogen and oxygen atoms in total. The van der Waals surface area contributed by atoms with E-state index in [2.05, 4.69) is 5.32 Å². The minimum Gasteiger partial charge on any atom is -0.368 e. The number of carbonyl (C=O) groups excluding carboxylic acids is 1. The highest BCUT2D eigenvalue weighted by atomic mass is 35.5. The lowest BCUT2D eigenvalue weighted by molar-refractivity contribution is -0.121. The molecule has 0 saturated heterocycles. The topological polar surface area (TPSA) is 55.1 Å². The van der Waals surface area contributed by atoms with Crippen molar-refractivity contribution in [2.75, 3.05) is 0 Å². The molecule has 16 heavy (non-hydrogen) atoms. The molecule has 0 heterocycles. The summed E-state index contributed by atoms with van der Waals surface area (Å²) in [5, 5.41) is 3.82. The Morgan fingerprint density at radius 1 is 1.50 bits per heavy atom. The fourth-order valence-corrected chi connectivity index (χ4v) is 1.75. The van der Waals surface area contributed by atoms with E-state index in [4.69, 9.17) is 17.3 Å². The first-order valence-corrected chi connectivity index (χ1v) is 5.65. The molecule has 1 aromatic carbocycles. The summed E-state index contributed by atoms with van der Waals surface area (Å²) in [4.78, 5) is 11.2. The Kier molecular flexibility index (Phi) is 4.77. The van der Waals surface area contributed by atoms with Crippen LogP contribution in [0.3, 0.4) is 0 Å². The average Bonchev–Trinajstić information content (AvgIpc) is 2.16. The highest BCUT2D eigenvalue weighted by molar-refractivity contribution is 6.30. The smallest absolute Gasteiger partial charge is 0.234 e. The fourth-order valence-electron chi connectivity index (χ4n) is 1.54. The zero-order valence-electron chi connectivity index (χ0n) is 9.53. The molecular formula is C12H17ClN2O. The van der Waals surface area contributed by atoms with Crippen LogP contribution in [0.2, 0.25) is 5.02 Å². The molecule has 0 aliphatic heterocycles. The Hall–Kier alpha value is -1.06. The van der Waals surface area contributed by atoms with E-state index >= 15 is 0 Å². The molecule has 0 radical (unpaired) electrons. The van der Waals surface area contributed by atoms with E-state index in [0.717, 1.165) is 5.56 Å². The van der Waals surface area contributed by atoms with Crippen molar-refractivity contribution in [3.63, 3.8) is 0 Å². The first kappa shape index (κ1) is 13.0. The van der Waals surface area contributed by atoms with Gasteiger partial charge in [0.2, 0.25) is 5.91 Å². The van der Waals surface area contributed by atoms with Crippen LogP contribution in [0.25, 0.3) is 0 Å². The van der Waals surface area contributed by atoms with Gasteiger partial charge in [-0.3, -0.25) is 4.79 Å². The van der Waals surface area contributed by atoms with Gasteiger partial charge < -0.3 is 11.1 Å². The van der Waals surface area contributed by atoms with Crippen LogP contribution in [-0.2, 0) is 11.3 Å². The van der Waals surface area contributed by atoms with E-state index in [1.165, 1.54) is 0 Å². The van der Waals surface area contributed by atoms with E-state index in [0.29, 0.717) is 11.6 Å². The molecule has 4 heteroatoms. The Balaban J connectivity index is 2.59. The molecule has 0 aliphatic rings. The molecule has 1 amide bonds. The third-order valence-corrected chi connectivity index (χ3v) is 2.62. The fraction of sp³-hybridized carbons (Fsp3) is 0.417. The summed E-state index contributed by atoms with van der Waals surface area (Å²) < 4.78 is 0. The van der Waals surface area contributed by atoms with E-state index in [-0.39, 0.29) is 17.9 Å². The maximum absolute atomic E-state index is 11.2. The number of nitrogens with one attached hydrogen (secondary N) is 1. The van der Waals surface area contributed by atoms with Crippen LogP contribution in [0.5, 0.6) is 0 Å². The number of hydrogen-bond donors (Lipinski definition) is 2. The monoisotopic (exact) mass is 240 g/mol. The lowest BCUT2D eigenvalue weighted by Gasteiger charge is -2.18. The number of rotatable bonds is 5. The third-order valence-electron chi connectivity index (χ3n) is 2.39. The first-order chi connectivity index (χ1) is 7.50. The standard InChI is InChI=1S/C12H17ClN2O/c1-8(2)11(12(14)16)15-7-9-4-3-5-10(13)6-9/h3-6,8,11,15H,7H2,1-2H3,(H2,14,16). The second kappa shape index (κ2) is 5.87. The van der Waals surface area contributed by atoms with Gasteiger partial charge in [-0.1, -0.05) is 37.6 Å². The molecule has 3 N–H and O–H groups in total. The molecule has 0 bridgehead atoms. The summed E-state index contributed by atoms with van der Waals surface area (Å²) >= 11 is 5.87. The highest BCUT2D eigenvalue weighted by Crippen LogP contribution is 2.11. The van der Waals surface area contributed by atoms with Gasteiger partial charge in [-0.15, -0.1) is 0 Å². The Morgan fingerprint density at radius 2 is 2.19 bits per heavy atom. The van der Waals surface area contributed by atoms with Crippen LogP contribution < -0.4 is 11.1 Å². The molecule has 1 unspecified atom stereocenters. The number of primary amides is 1. The van der Waals surface area contributed by atoms with Crippen molar-refractivity contribution in [1.29, 1.82) is 0 Å². The van der Waals surface area contributed by atoms with Gasteiger partial charge in [0.1, 0.15) is 0 Å². The number of benzene rings is 1. The maximum atomic E-state index is 11.2. The minimum absolute atomic E-state index is 0.177. The normalized spacial score (nSPS) is 12.8. The summed E-state index contributed by atoms with van der Waals surface area (Å²) in [5.74, 6) is -0.145. The summed E-state index contributed by atoms with van der Waals surface area (Å²) in [6.45, 7) is 4.51. The van der Waals surface area contributed by atoms with Crippen molar-refractivity contribution >= 4 is 17.5 Å². The number of amides is 1. The van der Waals surface area contributed by atoms with Crippen molar-refractivity contribution in [1.82, 2.24) is 5.32 Å². The number of hydrogen-bond acceptors (Lipinski definition) is 2. The lowest BCUT2D eigenvalue weighted by Crippen LogP contribution is -2.44. The number of halogens is 1. The van der Waals surface area contributed by atoms with Gasteiger partial charge >= 0.3 is 0 Å². The molecule has 0 aliphatic carbocycles. The van der Waals surface area contributed by atoms with Crippen molar-refractivity contribution in [3.05, 3.63) is 34.9 Å². The van der Waals surface area contributed by atoms with E-state index in [1.807, 2.05) is 38.1 Å². The molecular weight excluding hydrogens is 224 g/mol. The molecule has 88 valence electrons. The largest absolute Gasteiger partial charge is 0.368 e. The summed E-state index contributed by atoms with van der Waals surface area (Å²) in [6.07, 6.45) is 0. The van der Waals surface area contributed by atoms with E-state index in [9.17, 15) is 4.79 Å². The lowest BCUT2D eigenvalue weighted by atomic mass is 10.0. The molecule has 0 saturated carbocycles. The molecule has 1 atom stereocenters. The Morgan fingerprint density at radius 3 is 2.69 bits per heavy atom. The quantitative estimate of drug-likeness (QED) is 0.827. The number of carbonyl (C=O) groups is 1. The summed E-state index contributed by atoms with van der Waals surface area (Å²) in [6, 6.07) is 7.22. The van der Waals surface area contributed by atoms with Crippen molar-refractivity contribution in [2.45, 2.75) is 26.4 Å². The van der Waals surface area contributed by atoms with Crippen molar-refractivity contribution in [2.24, 2.45) is 11.7 Å². The Bertz CT molecular complexity index is 366. The maximum Gasteiger partial charge on any atom is 0.234 e. The molecule has 0 fully saturated rings. The Labute approximate surface area is 101 Å². The van der Waals surface area contributed by atoms with Gasteiger partial charge in [-0.05, 0) is 23.6 Å². The van der Waals surface area contributed by atoms with Crippen LogP contribution in [0.15, 0.2) is 24.3 Å². The number of nitrogens with two attached hydrogens (primary N) is 1. The van der Waals surface area contributed by atoms with E-state index < -0.39 is 0 Å². The zero-order valence-corrected chi connectivity index (χ0v) is 10.3. The second-order valence-electron chi connectivity index (χ2n) is 4.13. The van der Waals surface area contributed by atoms with Gasteiger partial charge in [0, 0.05) is 11.6 Å². The molecule has 0 spiro atoms. The highest BCUT2D eigenvalue weighted by Gasteiger charge is 2.18. The predicted octanol–water partition coefficient (Wildman–Crippen LogP) is 1.94. The van der Waals surface area contributed by atoms with Gasteiger partial charge in [0.05, 0.1) is 6.04 Å². The van der Waals surface area contributed by atoms with Gasteiger partial charge in [0.25, 0.3) is 0 Å². The second-order valence-corrected chi connectivity index (χ2v) is 4.57. The molecule has 1 rings (SSSR count). The summed E-state index contributed by atoms with van der Waals surface area (Å²) in [7, 11) is 0. The zero-order chi connectivity index (χ0) is 12.1. The summed E-state index contributed by atoms with van der Waals surface area (Å²) in [5.41, 5.74) is 6.35. The molecule has 0 aromatic heterocycles. The molecule has 1 aromatic rings. The van der Waals surface area contributed by atoms with Crippen LogP contribution >= 0.6 is 11.6 Å². The minimum atomic E-state index is -0.322. The van der Waals surface area contributed by atoms with Gasteiger partial charge in [0.15, 0.2) is 0 Å². The van der Waals surface area contributed by atoms with Crippen molar-refractivity contribution < 1.29 is 4.79 Å².